The number of hydrogen-bond donors (Lipinski definition) is 2. The molecule has 25 heavy (non-hydrogen) atoms. The van der Waals surface area contributed by atoms with E-state index in [1.807, 2.05) is 13.8 Å². The SMILES string of the molecule is Cc1nc(C)c(CCNC(=O)c2cnn(-c3ccc(=O)[nH]n3)c2C)s1. The second-order valence-corrected chi connectivity index (χ2v) is 6.87. The first-order chi connectivity index (χ1) is 12.0. The summed E-state index contributed by atoms with van der Waals surface area (Å²) in [5.41, 5.74) is 1.86. The van der Waals surface area contributed by atoms with Gasteiger partial charge in [-0.3, -0.25) is 9.59 Å². The number of nitrogens with zero attached hydrogens (tertiary/aromatic N) is 4. The van der Waals surface area contributed by atoms with Crippen LogP contribution in [0.5, 0.6) is 0 Å². The lowest BCUT2D eigenvalue weighted by Crippen LogP contribution is -2.26. The van der Waals surface area contributed by atoms with Crippen molar-refractivity contribution in [2.45, 2.75) is 27.2 Å². The first kappa shape index (κ1) is 17.0. The van der Waals surface area contributed by atoms with Crippen LogP contribution in [-0.4, -0.2) is 37.4 Å². The minimum atomic E-state index is -0.292. The number of H-pyrrole nitrogens is 1. The highest BCUT2D eigenvalue weighted by Gasteiger charge is 2.16. The Morgan fingerprint density at radius 1 is 1.32 bits per heavy atom. The molecule has 0 aliphatic carbocycles. The number of aromatic nitrogens is 5. The van der Waals surface area contributed by atoms with E-state index in [0.29, 0.717) is 23.6 Å². The van der Waals surface area contributed by atoms with Gasteiger partial charge in [-0.05, 0) is 26.8 Å². The van der Waals surface area contributed by atoms with Crippen LogP contribution in [0.4, 0.5) is 0 Å². The van der Waals surface area contributed by atoms with E-state index < -0.39 is 0 Å². The van der Waals surface area contributed by atoms with Crippen molar-refractivity contribution in [3.63, 3.8) is 0 Å². The summed E-state index contributed by atoms with van der Waals surface area (Å²) in [6.07, 6.45) is 2.25. The summed E-state index contributed by atoms with van der Waals surface area (Å²) in [6.45, 7) is 6.27. The lowest BCUT2D eigenvalue weighted by molar-refractivity contribution is 0.0953. The standard InChI is InChI=1S/C16H18N6O2S/c1-9-13(25-11(3)19-9)6-7-17-16(24)12-8-18-22(10(12)2)14-4-5-15(23)21-20-14/h4-5,8H,6-7H2,1-3H3,(H,17,24)(H,21,23). The molecule has 3 rings (SSSR count). The summed E-state index contributed by atoms with van der Waals surface area (Å²) >= 11 is 1.65. The van der Waals surface area contributed by atoms with Gasteiger partial charge >= 0.3 is 0 Å². The van der Waals surface area contributed by atoms with Crippen molar-refractivity contribution in [1.82, 2.24) is 30.3 Å². The average Bonchev–Trinajstić information content (AvgIpc) is 3.10. The molecular formula is C16H18N6O2S. The molecule has 0 saturated heterocycles. The summed E-state index contributed by atoms with van der Waals surface area (Å²) in [4.78, 5) is 29.1. The lowest BCUT2D eigenvalue weighted by Gasteiger charge is -2.05. The quantitative estimate of drug-likeness (QED) is 0.715. The van der Waals surface area contributed by atoms with Crippen molar-refractivity contribution in [3.05, 3.63) is 55.5 Å². The Morgan fingerprint density at radius 3 is 2.76 bits per heavy atom. The minimum absolute atomic E-state index is 0.188. The summed E-state index contributed by atoms with van der Waals surface area (Å²) in [5, 5.41) is 14.4. The number of rotatable bonds is 5. The normalized spacial score (nSPS) is 10.8. The van der Waals surface area contributed by atoms with Crippen molar-refractivity contribution < 1.29 is 4.79 Å². The molecule has 0 aromatic carbocycles. The zero-order chi connectivity index (χ0) is 18.0. The lowest BCUT2D eigenvalue weighted by atomic mass is 10.2. The van der Waals surface area contributed by atoms with E-state index in [1.54, 1.807) is 24.3 Å². The second kappa shape index (κ2) is 6.98. The van der Waals surface area contributed by atoms with Crippen molar-refractivity contribution in [3.8, 4) is 5.82 Å². The van der Waals surface area contributed by atoms with Crippen LogP contribution in [0.3, 0.4) is 0 Å². The van der Waals surface area contributed by atoms with Gasteiger partial charge in [0.25, 0.3) is 11.5 Å². The Balaban J connectivity index is 1.67. The summed E-state index contributed by atoms with van der Waals surface area (Å²) in [6, 6.07) is 2.91. The van der Waals surface area contributed by atoms with E-state index in [9.17, 15) is 9.59 Å². The third-order valence-corrected chi connectivity index (χ3v) is 4.91. The Bertz CT molecular complexity index is 951. The Morgan fingerprint density at radius 2 is 2.12 bits per heavy atom. The fraction of sp³-hybridized carbons (Fsp3) is 0.312. The molecule has 0 aliphatic rings. The molecule has 3 aromatic heterocycles. The zero-order valence-electron chi connectivity index (χ0n) is 14.2. The maximum Gasteiger partial charge on any atom is 0.264 e. The predicted molar refractivity (Wildman–Crippen MR) is 94.3 cm³/mol. The predicted octanol–water partition coefficient (Wildman–Crippen LogP) is 1.31. The molecule has 8 nitrogen and oxygen atoms in total. The van der Waals surface area contributed by atoms with E-state index in [1.165, 1.54) is 21.8 Å². The molecule has 0 radical (unpaired) electrons. The Labute approximate surface area is 147 Å². The highest BCUT2D eigenvalue weighted by molar-refractivity contribution is 7.11. The molecular weight excluding hydrogens is 340 g/mol. The second-order valence-electron chi connectivity index (χ2n) is 5.58. The van der Waals surface area contributed by atoms with E-state index in [-0.39, 0.29) is 11.5 Å². The first-order valence-electron chi connectivity index (χ1n) is 7.77. The van der Waals surface area contributed by atoms with Crippen molar-refractivity contribution in [2.24, 2.45) is 0 Å². The smallest absolute Gasteiger partial charge is 0.264 e. The van der Waals surface area contributed by atoms with Crippen LogP contribution in [0.15, 0.2) is 23.1 Å². The average molecular weight is 358 g/mol. The highest BCUT2D eigenvalue weighted by Crippen LogP contribution is 2.17. The molecule has 9 heteroatoms. The van der Waals surface area contributed by atoms with Crippen LogP contribution in [0.1, 0.15) is 31.6 Å². The maximum absolute atomic E-state index is 12.4. The van der Waals surface area contributed by atoms with Gasteiger partial charge in [0.1, 0.15) is 0 Å². The molecule has 0 atom stereocenters. The largest absolute Gasteiger partial charge is 0.352 e. The van der Waals surface area contributed by atoms with Gasteiger partial charge in [0.15, 0.2) is 5.82 Å². The Hall–Kier alpha value is -2.81. The molecule has 0 spiro atoms. The maximum atomic E-state index is 12.4. The van der Waals surface area contributed by atoms with Gasteiger partial charge in [-0.1, -0.05) is 0 Å². The number of carbonyl (C=O) groups excluding carboxylic acids is 1. The topological polar surface area (TPSA) is 106 Å². The number of nitrogens with one attached hydrogen (secondary N) is 2. The van der Waals surface area contributed by atoms with Crippen LogP contribution in [0, 0.1) is 20.8 Å². The number of amides is 1. The van der Waals surface area contributed by atoms with Crippen LogP contribution < -0.4 is 10.9 Å². The fourth-order valence-corrected chi connectivity index (χ4v) is 3.45. The number of thiazole rings is 1. The zero-order valence-corrected chi connectivity index (χ0v) is 15.0. The molecule has 0 saturated carbocycles. The molecule has 0 aliphatic heterocycles. The van der Waals surface area contributed by atoms with E-state index in [0.717, 1.165) is 17.1 Å². The van der Waals surface area contributed by atoms with E-state index in [4.69, 9.17) is 0 Å². The third-order valence-electron chi connectivity index (χ3n) is 3.77. The van der Waals surface area contributed by atoms with Gasteiger partial charge in [-0.15, -0.1) is 11.3 Å². The molecule has 0 unspecified atom stereocenters. The van der Waals surface area contributed by atoms with Gasteiger partial charge in [0, 0.05) is 23.9 Å². The number of aryl methyl sites for hydroxylation is 2. The molecule has 0 bridgehead atoms. The fourth-order valence-electron chi connectivity index (χ4n) is 2.51. The third kappa shape index (κ3) is 3.66. The van der Waals surface area contributed by atoms with Gasteiger partial charge in [0.05, 0.1) is 28.2 Å². The van der Waals surface area contributed by atoms with E-state index in [2.05, 4.69) is 25.6 Å². The van der Waals surface area contributed by atoms with Gasteiger partial charge in [0.2, 0.25) is 0 Å². The van der Waals surface area contributed by atoms with Crippen LogP contribution in [0.2, 0.25) is 0 Å². The molecule has 2 N–H and O–H groups in total. The summed E-state index contributed by atoms with van der Waals surface area (Å²) in [7, 11) is 0. The molecule has 3 heterocycles. The van der Waals surface area contributed by atoms with Gasteiger partial charge in [-0.2, -0.15) is 10.2 Å². The number of hydrogen-bond acceptors (Lipinski definition) is 6. The van der Waals surface area contributed by atoms with Crippen LogP contribution >= 0.6 is 11.3 Å². The summed E-state index contributed by atoms with van der Waals surface area (Å²) < 4.78 is 1.52. The van der Waals surface area contributed by atoms with Crippen molar-refractivity contribution >= 4 is 17.2 Å². The molecule has 130 valence electrons. The Kier molecular flexibility index (Phi) is 4.75. The monoisotopic (exact) mass is 358 g/mol. The summed E-state index contributed by atoms with van der Waals surface area (Å²) in [5.74, 6) is 0.263. The van der Waals surface area contributed by atoms with Crippen molar-refractivity contribution in [2.75, 3.05) is 6.54 Å². The molecule has 0 fully saturated rings. The minimum Gasteiger partial charge on any atom is -0.352 e. The van der Waals surface area contributed by atoms with E-state index >= 15 is 0 Å². The van der Waals surface area contributed by atoms with Crippen molar-refractivity contribution in [1.29, 1.82) is 0 Å². The molecule has 1 amide bonds. The first-order valence-corrected chi connectivity index (χ1v) is 8.59. The number of aromatic amines is 1. The number of carbonyl (C=O) groups is 1. The van der Waals surface area contributed by atoms with Gasteiger partial charge in [-0.25, -0.2) is 14.8 Å². The van der Waals surface area contributed by atoms with Crippen LogP contribution in [0.25, 0.3) is 5.82 Å². The van der Waals surface area contributed by atoms with Gasteiger partial charge < -0.3 is 5.32 Å². The molecule has 3 aromatic rings. The highest BCUT2D eigenvalue weighted by atomic mass is 32.1. The van der Waals surface area contributed by atoms with Crippen LogP contribution in [-0.2, 0) is 6.42 Å².